The lowest BCUT2D eigenvalue weighted by Crippen LogP contribution is -2.56. The van der Waals surface area contributed by atoms with Crippen LogP contribution in [-0.2, 0) is 11.2 Å². The van der Waals surface area contributed by atoms with E-state index in [1.54, 1.807) is 0 Å². The van der Waals surface area contributed by atoms with Crippen molar-refractivity contribution in [3.63, 3.8) is 0 Å². The molecule has 25 heavy (non-hydrogen) atoms. The molecule has 0 aromatic heterocycles. The van der Waals surface area contributed by atoms with E-state index in [2.05, 4.69) is 40.5 Å². The van der Waals surface area contributed by atoms with E-state index >= 15 is 0 Å². The fourth-order valence-electron chi connectivity index (χ4n) is 3.15. The summed E-state index contributed by atoms with van der Waals surface area (Å²) in [6, 6.07) is 10.6. The fraction of sp³-hybridized carbons (Fsp3) is 0.632. The molecule has 144 valence electrons. The SMILES string of the molecule is CC(C(=O)NC(C)(C)CN)N1CCC(Cc2ccccc2)CC1.Cl.Cl. The summed E-state index contributed by atoms with van der Waals surface area (Å²) < 4.78 is 0. The van der Waals surface area contributed by atoms with Crippen LogP contribution in [0.4, 0.5) is 0 Å². The summed E-state index contributed by atoms with van der Waals surface area (Å²) in [6.07, 6.45) is 3.47. The van der Waals surface area contributed by atoms with Crippen molar-refractivity contribution < 1.29 is 4.79 Å². The molecule has 1 aliphatic rings. The second kappa shape index (κ2) is 11.0. The third-order valence-electron chi connectivity index (χ3n) is 4.92. The Morgan fingerprint density at radius 2 is 1.80 bits per heavy atom. The third kappa shape index (κ3) is 7.53. The highest BCUT2D eigenvalue weighted by Crippen LogP contribution is 2.23. The molecule has 1 fully saturated rings. The number of hydrogen-bond acceptors (Lipinski definition) is 3. The molecule has 1 heterocycles. The van der Waals surface area contributed by atoms with Crippen molar-refractivity contribution in [1.29, 1.82) is 0 Å². The first-order chi connectivity index (χ1) is 10.9. The van der Waals surface area contributed by atoms with Gasteiger partial charge in [-0.05, 0) is 64.6 Å². The molecule has 1 amide bonds. The molecule has 1 unspecified atom stereocenters. The molecule has 0 aliphatic carbocycles. The van der Waals surface area contributed by atoms with Gasteiger partial charge in [-0.1, -0.05) is 30.3 Å². The molecular weight excluding hydrogens is 357 g/mol. The number of rotatable bonds is 6. The number of amides is 1. The van der Waals surface area contributed by atoms with Gasteiger partial charge in [0.25, 0.3) is 0 Å². The third-order valence-corrected chi connectivity index (χ3v) is 4.92. The first-order valence-corrected chi connectivity index (χ1v) is 8.71. The maximum atomic E-state index is 12.4. The standard InChI is InChI=1S/C19H31N3O.2ClH/c1-15(18(23)21-19(2,3)14-20)22-11-9-17(10-12-22)13-16-7-5-4-6-8-16;;/h4-8,15,17H,9-14,20H2,1-3H3,(H,21,23);2*1H. The molecule has 0 radical (unpaired) electrons. The van der Waals surface area contributed by atoms with Crippen LogP contribution < -0.4 is 11.1 Å². The van der Waals surface area contributed by atoms with Crippen LogP contribution in [0, 0.1) is 5.92 Å². The van der Waals surface area contributed by atoms with E-state index < -0.39 is 0 Å². The first-order valence-electron chi connectivity index (χ1n) is 8.71. The van der Waals surface area contributed by atoms with Gasteiger partial charge >= 0.3 is 0 Å². The van der Waals surface area contributed by atoms with Crippen molar-refractivity contribution in [2.24, 2.45) is 11.7 Å². The summed E-state index contributed by atoms with van der Waals surface area (Å²) in [7, 11) is 0. The molecule has 0 spiro atoms. The quantitative estimate of drug-likeness (QED) is 0.785. The molecule has 0 saturated carbocycles. The minimum Gasteiger partial charge on any atom is -0.349 e. The number of benzene rings is 1. The van der Waals surface area contributed by atoms with Crippen LogP contribution in [0.25, 0.3) is 0 Å². The van der Waals surface area contributed by atoms with Gasteiger partial charge in [0.1, 0.15) is 0 Å². The van der Waals surface area contributed by atoms with Crippen molar-refractivity contribution in [2.75, 3.05) is 19.6 Å². The maximum absolute atomic E-state index is 12.4. The Balaban J connectivity index is 0.00000288. The summed E-state index contributed by atoms with van der Waals surface area (Å²) >= 11 is 0. The van der Waals surface area contributed by atoms with Gasteiger partial charge in [0, 0.05) is 12.1 Å². The van der Waals surface area contributed by atoms with Crippen molar-refractivity contribution in [2.45, 2.75) is 51.6 Å². The topological polar surface area (TPSA) is 58.4 Å². The van der Waals surface area contributed by atoms with E-state index in [-0.39, 0.29) is 42.3 Å². The molecule has 1 atom stereocenters. The molecule has 2 rings (SSSR count). The molecule has 3 N–H and O–H groups in total. The highest BCUT2D eigenvalue weighted by atomic mass is 35.5. The monoisotopic (exact) mass is 389 g/mol. The highest BCUT2D eigenvalue weighted by Gasteiger charge is 2.29. The largest absolute Gasteiger partial charge is 0.349 e. The minimum atomic E-state index is -0.336. The molecule has 1 aromatic rings. The van der Waals surface area contributed by atoms with E-state index in [0.29, 0.717) is 6.54 Å². The van der Waals surface area contributed by atoms with Crippen molar-refractivity contribution >= 4 is 30.7 Å². The lowest BCUT2D eigenvalue weighted by molar-refractivity contribution is -0.128. The average molecular weight is 390 g/mol. The Labute approximate surface area is 164 Å². The van der Waals surface area contributed by atoms with Gasteiger partial charge in [-0.3, -0.25) is 9.69 Å². The average Bonchev–Trinajstić information content (AvgIpc) is 2.55. The fourth-order valence-corrected chi connectivity index (χ4v) is 3.15. The number of likely N-dealkylation sites (tertiary alicyclic amines) is 1. The number of nitrogens with one attached hydrogen (secondary N) is 1. The Kier molecular flexibility index (Phi) is 10.7. The van der Waals surface area contributed by atoms with Crippen molar-refractivity contribution in [1.82, 2.24) is 10.2 Å². The van der Waals surface area contributed by atoms with E-state index in [0.717, 1.165) is 38.3 Å². The van der Waals surface area contributed by atoms with Crippen LogP contribution in [0.15, 0.2) is 30.3 Å². The van der Waals surface area contributed by atoms with Gasteiger partial charge in [0.2, 0.25) is 5.91 Å². The maximum Gasteiger partial charge on any atom is 0.237 e. The second-order valence-corrected chi connectivity index (χ2v) is 7.42. The second-order valence-electron chi connectivity index (χ2n) is 7.42. The van der Waals surface area contributed by atoms with Gasteiger partial charge in [-0.15, -0.1) is 24.8 Å². The van der Waals surface area contributed by atoms with Gasteiger partial charge < -0.3 is 11.1 Å². The van der Waals surface area contributed by atoms with Crippen LogP contribution in [0.5, 0.6) is 0 Å². The molecule has 1 aliphatic heterocycles. The zero-order chi connectivity index (χ0) is 16.9. The summed E-state index contributed by atoms with van der Waals surface area (Å²) in [6.45, 7) is 8.36. The highest BCUT2D eigenvalue weighted by molar-refractivity contribution is 5.85. The summed E-state index contributed by atoms with van der Waals surface area (Å²) in [4.78, 5) is 14.7. The minimum absolute atomic E-state index is 0. The summed E-state index contributed by atoms with van der Waals surface area (Å²) in [5.41, 5.74) is 6.78. The Hall–Kier alpha value is -0.810. The zero-order valence-corrected chi connectivity index (χ0v) is 17.2. The van der Waals surface area contributed by atoms with Crippen LogP contribution in [0.1, 0.15) is 39.2 Å². The van der Waals surface area contributed by atoms with Gasteiger partial charge in [0.15, 0.2) is 0 Å². The van der Waals surface area contributed by atoms with Crippen LogP contribution in [0.2, 0.25) is 0 Å². The predicted octanol–water partition coefficient (Wildman–Crippen LogP) is 3.03. The molecule has 0 bridgehead atoms. The van der Waals surface area contributed by atoms with E-state index in [4.69, 9.17) is 5.73 Å². The predicted molar refractivity (Wildman–Crippen MR) is 110 cm³/mol. The molecule has 6 heteroatoms. The number of hydrogen-bond donors (Lipinski definition) is 2. The van der Waals surface area contributed by atoms with E-state index in [1.807, 2.05) is 20.8 Å². The lowest BCUT2D eigenvalue weighted by atomic mass is 9.89. The van der Waals surface area contributed by atoms with Crippen LogP contribution in [-0.4, -0.2) is 42.0 Å². The molecule has 1 aromatic carbocycles. The summed E-state index contributed by atoms with van der Waals surface area (Å²) in [5, 5.41) is 3.05. The number of piperidine rings is 1. The Morgan fingerprint density at radius 1 is 1.24 bits per heavy atom. The molecule has 4 nitrogen and oxygen atoms in total. The van der Waals surface area contributed by atoms with Gasteiger partial charge in [-0.2, -0.15) is 0 Å². The number of carbonyl (C=O) groups excluding carboxylic acids is 1. The molecule has 1 saturated heterocycles. The number of nitrogens with zero attached hydrogens (tertiary/aromatic N) is 1. The van der Waals surface area contributed by atoms with Gasteiger partial charge in [-0.25, -0.2) is 0 Å². The van der Waals surface area contributed by atoms with Crippen molar-refractivity contribution in [3.8, 4) is 0 Å². The van der Waals surface area contributed by atoms with Crippen LogP contribution in [0.3, 0.4) is 0 Å². The van der Waals surface area contributed by atoms with Gasteiger partial charge in [0.05, 0.1) is 6.04 Å². The lowest BCUT2D eigenvalue weighted by Gasteiger charge is -2.37. The van der Waals surface area contributed by atoms with Crippen molar-refractivity contribution in [3.05, 3.63) is 35.9 Å². The number of halogens is 2. The van der Waals surface area contributed by atoms with E-state index in [9.17, 15) is 4.79 Å². The molecular formula is C19H33Cl2N3O. The smallest absolute Gasteiger partial charge is 0.237 e. The zero-order valence-electron chi connectivity index (χ0n) is 15.5. The Bertz CT molecular complexity index is 503. The number of nitrogens with two attached hydrogens (primary N) is 1. The first kappa shape index (κ1) is 24.2. The van der Waals surface area contributed by atoms with Crippen LogP contribution >= 0.6 is 24.8 Å². The Morgan fingerprint density at radius 3 is 2.32 bits per heavy atom. The normalized spacial score (nSPS) is 17.1. The number of carbonyl (C=O) groups is 1. The summed E-state index contributed by atoms with van der Waals surface area (Å²) in [5.74, 6) is 0.811. The van der Waals surface area contributed by atoms with E-state index in [1.165, 1.54) is 5.56 Å².